The maximum Gasteiger partial charge on any atom is 0.138 e. The highest BCUT2D eigenvalue weighted by Crippen LogP contribution is 2.25. The molecule has 0 fully saturated rings. The Morgan fingerprint density at radius 3 is 2.75 bits per heavy atom. The molecule has 4 N–H and O–H groups in total. The molecule has 0 heterocycles. The Hall–Kier alpha value is -0.930. The molecule has 0 aromatic heterocycles. The third kappa shape index (κ3) is 2.29. The lowest BCUT2D eigenvalue weighted by Crippen LogP contribution is -2.10. The monoisotopic (exact) mass is 186 g/mol. The first-order valence-electron chi connectivity index (χ1n) is 3.62. The van der Waals surface area contributed by atoms with Crippen molar-refractivity contribution in [2.75, 3.05) is 18.9 Å². The molecule has 0 aliphatic carbocycles. The molecule has 1 rings (SSSR count). The van der Waals surface area contributed by atoms with Crippen LogP contribution in [0.3, 0.4) is 0 Å². The van der Waals surface area contributed by atoms with Crippen LogP contribution < -0.4 is 16.2 Å². The van der Waals surface area contributed by atoms with E-state index in [2.05, 4.69) is 0 Å². The molecule has 0 amide bonds. The van der Waals surface area contributed by atoms with E-state index in [-0.39, 0.29) is 0 Å². The average molecular weight is 187 g/mol. The van der Waals surface area contributed by atoms with Crippen LogP contribution in [-0.2, 0) is 0 Å². The van der Waals surface area contributed by atoms with Crippen molar-refractivity contribution in [2.45, 2.75) is 0 Å². The van der Waals surface area contributed by atoms with Crippen LogP contribution in [0.25, 0.3) is 0 Å². The Balaban J connectivity index is 2.72. The lowest BCUT2D eigenvalue weighted by atomic mass is 10.3. The number of halogens is 1. The van der Waals surface area contributed by atoms with Gasteiger partial charge in [0.05, 0.1) is 5.02 Å². The summed E-state index contributed by atoms with van der Waals surface area (Å²) >= 11 is 5.82. The smallest absolute Gasteiger partial charge is 0.138 e. The molecule has 3 nitrogen and oxygen atoms in total. The zero-order valence-electron chi connectivity index (χ0n) is 6.59. The van der Waals surface area contributed by atoms with E-state index in [1.807, 2.05) is 0 Å². The van der Waals surface area contributed by atoms with Crippen LogP contribution in [0.5, 0.6) is 5.75 Å². The van der Waals surface area contributed by atoms with Gasteiger partial charge in [-0.1, -0.05) is 11.6 Å². The van der Waals surface area contributed by atoms with Gasteiger partial charge in [0, 0.05) is 12.2 Å². The molecule has 0 saturated carbocycles. The lowest BCUT2D eigenvalue weighted by Gasteiger charge is -2.06. The summed E-state index contributed by atoms with van der Waals surface area (Å²) in [6.45, 7) is 0.935. The first kappa shape index (κ1) is 9.16. The molecule has 4 heteroatoms. The second kappa shape index (κ2) is 4.18. The molecule has 0 bridgehead atoms. The van der Waals surface area contributed by atoms with Gasteiger partial charge in [-0.2, -0.15) is 0 Å². The van der Waals surface area contributed by atoms with Gasteiger partial charge in [0.25, 0.3) is 0 Å². The molecule has 0 atom stereocenters. The molecule has 1 aromatic rings. The fourth-order valence-corrected chi connectivity index (χ4v) is 1.05. The zero-order chi connectivity index (χ0) is 8.97. The van der Waals surface area contributed by atoms with Crippen LogP contribution in [0.2, 0.25) is 5.02 Å². The van der Waals surface area contributed by atoms with Gasteiger partial charge in [0.15, 0.2) is 0 Å². The van der Waals surface area contributed by atoms with Gasteiger partial charge in [-0.25, -0.2) is 0 Å². The van der Waals surface area contributed by atoms with Gasteiger partial charge in [0.1, 0.15) is 12.4 Å². The van der Waals surface area contributed by atoms with E-state index >= 15 is 0 Å². The maximum absolute atomic E-state index is 5.82. The second-order valence-electron chi connectivity index (χ2n) is 2.33. The molecular weight excluding hydrogens is 176 g/mol. The van der Waals surface area contributed by atoms with E-state index in [1.165, 1.54) is 0 Å². The number of benzene rings is 1. The number of hydrogen-bond donors (Lipinski definition) is 2. The van der Waals surface area contributed by atoms with Crippen molar-refractivity contribution in [3.05, 3.63) is 23.2 Å². The molecule has 66 valence electrons. The van der Waals surface area contributed by atoms with Crippen molar-refractivity contribution >= 4 is 17.3 Å². The van der Waals surface area contributed by atoms with Gasteiger partial charge in [-0.3, -0.25) is 0 Å². The summed E-state index contributed by atoms with van der Waals surface area (Å²) in [7, 11) is 0. The quantitative estimate of drug-likeness (QED) is 0.699. The first-order chi connectivity index (χ1) is 5.74. The minimum Gasteiger partial charge on any atom is -0.491 e. The summed E-state index contributed by atoms with van der Waals surface area (Å²) in [6, 6.07) is 5.11. The van der Waals surface area contributed by atoms with Crippen molar-refractivity contribution in [3.8, 4) is 5.75 Å². The third-order valence-corrected chi connectivity index (χ3v) is 1.63. The Morgan fingerprint density at radius 2 is 2.17 bits per heavy atom. The molecule has 1 aromatic carbocycles. The van der Waals surface area contributed by atoms with Crippen LogP contribution in [0.1, 0.15) is 0 Å². The highest BCUT2D eigenvalue weighted by atomic mass is 35.5. The molecule has 12 heavy (non-hydrogen) atoms. The summed E-state index contributed by atoms with van der Waals surface area (Å²) in [5.41, 5.74) is 11.4. The molecule has 0 spiro atoms. The zero-order valence-corrected chi connectivity index (χ0v) is 7.34. The van der Waals surface area contributed by atoms with Crippen LogP contribution in [0.4, 0.5) is 5.69 Å². The molecule has 0 saturated heterocycles. The number of nitrogens with two attached hydrogens (primary N) is 2. The molecule has 0 radical (unpaired) electrons. The van der Waals surface area contributed by atoms with Crippen molar-refractivity contribution in [3.63, 3.8) is 0 Å². The normalized spacial score (nSPS) is 9.83. The number of hydrogen-bond acceptors (Lipinski definition) is 3. The predicted molar refractivity (Wildman–Crippen MR) is 50.4 cm³/mol. The fraction of sp³-hybridized carbons (Fsp3) is 0.250. The average Bonchev–Trinajstić information content (AvgIpc) is 2.03. The minimum absolute atomic E-state index is 0.462. The van der Waals surface area contributed by atoms with Crippen molar-refractivity contribution in [2.24, 2.45) is 5.73 Å². The van der Waals surface area contributed by atoms with E-state index in [0.29, 0.717) is 29.6 Å². The minimum atomic E-state index is 0.462. The van der Waals surface area contributed by atoms with Crippen LogP contribution in [0, 0.1) is 0 Å². The van der Waals surface area contributed by atoms with Crippen LogP contribution >= 0.6 is 11.6 Å². The van der Waals surface area contributed by atoms with Gasteiger partial charge < -0.3 is 16.2 Å². The van der Waals surface area contributed by atoms with Gasteiger partial charge in [0.2, 0.25) is 0 Å². The topological polar surface area (TPSA) is 61.3 Å². The maximum atomic E-state index is 5.82. The second-order valence-corrected chi connectivity index (χ2v) is 2.73. The highest BCUT2D eigenvalue weighted by molar-refractivity contribution is 6.32. The SMILES string of the molecule is NCCOc1ccc(N)cc1Cl. The number of nitrogen functional groups attached to an aromatic ring is 1. The predicted octanol–water partition coefficient (Wildman–Crippen LogP) is 1.26. The number of anilines is 1. The summed E-state index contributed by atoms with van der Waals surface area (Å²) in [6.07, 6.45) is 0. The standard InChI is InChI=1S/C8H11ClN2O/c9-7-5-6(11)1-2-8(7)12-4-3-10/h1-2,5H,3-4,10-11H2. The first-order valence-corrected chi connectivity index (χ1v) is 3.99. The third-order valence-electron chi connectivity index (χ3n) is 1.33. The van der Waals surface area contributed by atoms with E-state index in [4.69, 9.17) is 27.8 Å². The van der Waals surface area contributed by atoms with Crippen molar-refractivity contribution in [1.29, 1.82) is 0 Å². The van der Waals surface area contributed by atoms with E-state index in [9.17, 15) is 0 Å². The van der Waals surface area contributed by atoms with E-state index in [1.54, 1.807) is 18.2 Å². The van der Waals surface area contributed by atoms with Crippen molar-refractivity contribution < 1.29 is 4.74 Å². The number of rotatable bonds is 3. The van der Waals surface area contributed by atoms with Gasteiger partial charge >= 0.3 is 0 Å². The van der Waals surface area contributed by atoms with Crippen LogP contribution in [-0.4, -0.2) is 13.2 Å². The van der Waals surface area contributed by atoms with E-state index < -0.39 is 0 Å². The molecule has 0 aliphatic rings. The highest BCUT2D eigenvalue weighted by Gasteiger charge is 1.99. The Labute approximate surface area is 76.3 Å². The largest absolute Gasteiger partial charge is 0.491 e. The van der Waals surface area contributed by atoms with Crippen LogP contribution in [0.15, 0.2) is 18.2 Å². The lowest BCUT2D eigenvalue weighted by molar-refractivity contribution is 0.328. The summed E-state index contributed by atoms with van der Waals surface area (Å²) in [4.78, 5) is 0. The molecule has 0 unspecified atom stereocenters. The Kier molecular flexibility index (Phi) is 3.19. The Bertz CT molecular complexity index is 265. The molecular formula is C8H11ClN2O. The summed E-state index contributed by atoms with van der Waals surface area (Å²) in [5.74, 6) is 0.622. The van der Waals surface area contributed by atoms with Crippen molar-refractivity contribution in [1.82, 2.24) is 0 Å². The Morgan fingerprint density at radius 1 is 1.42 bits per heavy atom. The fourth-order valence-electron chi connectivity index (χ4n) is 0.803. The number of ether oxygens (including phenoxy) is 1. The summed E-state index contributed by atoms with van der Waals surface area (Å²) < 4.78 is 5.23. The van der Waals surface area contributed by atoms with E-state index in [0.717, 1.165) is 0 Å². The van der Waals surface area contributed by atoms with Gasteiger partial charge in [-0.05, 0) is 18.2 Å². The molecule has 0 aliphatic heterocycles. The summed E-state index contributed by atoms with van der Waals surface area (Å²) in [5, 5.41) is 0.517. The van der Waals surface area contributed by atoms with Gasteiger partial charge in [-0.15, -0.1) is 0 Å².